The Hall–Kier alpha value is -3.71. The lowest BCUT2D eigenvalue weighted by Crippen LogP contribution is -2.43. The normalized spacial score (nSPS) is 14.4. The van der Waals surface area contributed by atoms with Crippen molar-refractivity contribution >= 4 is 23.3 Å². The van der Waals surface area contributed by atoms with Gasteiger partial charge in [0, 0.05) is 50.0 Å². The van der Waals surface area contributed by atoms with Gasteiger partial charge < -0.3 is 14.9 Å². The molecule has 4 rings (SSSR count). The molecule has 0 aliphatic carbocycles. The van der Waals surface area contributed by atoms with Crippen LogP contribution in [-0.4, -0.2) is 59.0 Å². The van der Waals surface area contributed by atoms with Crippen molar-refractivity contribution in [2.24, 2.45) is 0 Å². The molecule has 1 fully saturated rings. The van der Waals surface area contributed by atoms with Crippen molar-refractivity contribution in [1.29, 1.82) is 0 Å². The molecule has 0 unspecified atom stereocenters. The van der Waals surface area contributed by atoms with E-state index in [0.717, 1.165) is 38.2 Å². The highest BCUT2D eigenvalue weighted by atomic mass is 19.1. The molecule has 37 heavy (non-hydrogen) atoms. The fraction of sp³-hybridized carbons (Fsp3) is 0.333. The van der Waals surface area contributed by atoms with Gasteiger partial charge in [-0.2, -0.15) is 0 Å². The zero-order valence-corrected chi connectivity index (χ0v) is 21.4. The van der Waals surface area contributed by atoms with E-state index in [2.05, 4.69) is 17.0 Å². The van der Waals surface area contributed by atoms with Crippen molar-refractivity contribution in [2.45, 2.75) is 39.3 Å². The van der Waals surface area contributed by atoms with Gasteiger partial charge >= 0.3 is 5.97 Å². The SMILES string of the molecule is CCN(CC)C(=O)c1ccc(N(c2cc(F)ccc2C(=O)O)C2CCN(Cc3ccccc3)CC2)cc1. The number of nitrogens with zero attached hydrogens (tertiary/aromatic N) is 3. The molecule has 1 aliphatic heterocycles. The number of benzene rings is 3. The number of likely N-dealkylation sites (tertiary alicyclic amines) is 1. The van der Waals surface area contributed by atoms with E-state index < -0.39 is 11.8 Å². The van der Waals surface area contributed by atoms with Crippen LogP contribution in [0.15, 0.2) is 72.8 Å². The van der Waals surface area contributed by atoms with E-state index >= 15 is 0 Å². The minimum Gasteiger partial charge on any atom is -0.478 e. The van der Waals surface area contributed by atoms with Gasteiger partial charge in [-0.05, 0) is 74.7 Å². The molecule has 7 heteroatoms. The maximum Gasteiger partial charge on any atom is 0.337 e. The Bertz CT molecular complexity index is 1200. The molecule has 1 amide bonds. The molecule has 0 radical (unpaired) electrons. The lowest BCUT2D eigenvalue weighted by molar-refractivity contribution is 0.0696. The zero-order valence-electron chi connectivity index (χ0n) is 21.4. The summed E-state index contributed by atoms with van der Waals surface area (Å²) in [6.07, 6.45) is 1.59. The van der Waals surface area contributed by atoms with Crippen LogP contribution in [0.2, 0.25) is 0 Å². The molecule has 0 saturated carbocycles. The molecule has 3 aromatic carbocycles. The first-order valence-electron chi connectivity index (χ1n) is 12.9. The zero-order chi connectivity index (χ0) is 26.4. The van der Waals surface area contributed by atoms with Crippen LogP contribution in [0.5, 0.6) is 0 Å². The quantitative estimate of drug-likeness (QED) is 0.399. The standard InChI is InChI=1S/C30H34FN3O3/c1-3-33(4-2)29(35)23-10-13-25(14-11-23)34(28-20-24(31)12-15-27(28)30(36)37)26-16-18-32(19-17-26)21-22-8-6-5-7-9-22/h5-15,20,26H,3-4,16-19,21H2,1-2H3,(H,36,37). The smallest absolute Gasteiger partial charge is 0.337 e. The van der Waals surface area contributed by atoms with Gasteiger partial charge in [-0.3, -0.25) is 9.69 Å². The van der Waals surface area contributed by atoms with Crippen molar-refractivity contribution in [3.05, 3.63) is 95.3 Å². The second-order valence-electron chi connectivity index (χ2n) is 9.35. The number of carboxylic acid groups (broad SMARTS) is 1. The molecular formula is C30H34FN3O3. The van der Waals surface area contributed by atoms with Gasteiger partial charge in [0.25, 0.3) is 5.91 Å². The van der Waals surface area contributed by atoms with Gasteiger partial charge in [-0.25, -0.2) is 9.18 Å². The number of piperidine rings is 1. The number of hydrogen-bond acceptors (Lipinski definition) is 4. The summed E-state index contributed by atoms with van der Waals surface area (Å²) in [5, 5.41) is 9.88. The monoisotopic (exact) mass is 503 g/mol. The first kappa shape index (κ1) is 26.4. The van der Waals surface area contributed by atoms with E-state index in [0.29, 0.717) is 24.3 Å². The Kier molecular flexibility index (Phi) is 8.56. The van der Waals surface area contributed by atoms with Crippen LogP contribution < -0.4 is 4.90 Å². The summed E-state index contributed by atoms with van der Waals surface area (Å²) in [6.45, 7) is 7.67. The minimum absolute atomic E-state index is 0.0174. The Morgan fingerprint density at radius 2 is 1.59 bits per heavy atom. The molecule has 3 aromatic rings. The van der Waals surface area contributed by atoms with Gasteiger partial charge in [0.1, 0.15) is 5.82 Å². The molecule has 1 N–H and O–H groups in total. The summed E-state index contributed by atoms with van der Waals surface area (Å²) in [5.41, 5.74) is 2.95. The van der Waals surface area contributed by atoms with Gasteiger partial charge in [0.15, 0.2) is 0 Å². The number of amides is 1. The fourth-order valence-corrected chi connectivity index (χ4v) is 5.07. The van der Waals surface area contributed by atoms with Crippen molar-refractivity contribution < 1.29 is 19.1 Å². The van der Waals surface area contributed by atoms with Crippen LogP contribution in [0.1, 0.15) is 53.0 Å². The lowest BCUT2D eigenvalue weighted by Gasteiger charge is -2.40. The van der Waals surface area contributed by atoms with E-state index in [1.165, 1.54) is 23.8 Å². The summed E-state index contributed by atoms with van der Waals surface area (Å²) in [5.74, 6) is -1.64. The Morgan fingerprint density at radius 3 is 2.19 bits per heavy atom. The van der Waals surface area contributed by atoms with Gasteiger partial charge in [0.2, 0.25) is 0 Å². The number of aromatic carboxylic acids is 1. The number of hydrogen-bond donors (Lipinski definition) is 1. The maximum atomic E-state index is 14.4. The first-order chi connectivity index (χ1) is 17.9. The highest BCUT2D eigenvalue weighted by molar-refractivity contribution is 5.97. The van der Waals surface area contributed by atoms with Crippen molar-refractivity contribution in [3.63, 3.8) is 0 Å². The van der Waals surface area contributed by atoms with E-state index in [1.807, 2.05) is 49.1 Å². The molecular weight excluding hydrogens is 469 g/mol. The third-order valence-electron chi connectivity index (χ3n) is 7.06. The van der Waals surface area contributed by atoms with Crippen LogP contribution in [0, 0.1) is 5.82 Å². The molecule has 0 spiro atoms. The summed E-state index contributed by atoms with van der Waals surface area (Å²) in [6, 6.07) is 21.3. The highest BCUT2D eigenvalue weighted by Gasteiger charge is 2.29. The number of halogens is 1. The number of carboxylic acids is 1. The largest absolute Gasteiger partial charge is 0.478 e. The molecule has 1 aliphatic rings. The summed E-state index contributed by atoms with van der Waals surface area (Å²) in [7, 11) is 0. The van der Waals surface area contributed by atoms with Crippen LogP contribution in [0.3, 0.4) is 0 Å². The predicted molar refractivity (Wildman–Crippen MR) is 144 cm³/mol. The Morgan fingerprint density at radius 1 is 0.946 bits per heavy atom. The Labute approximate surface area is 217 Å². The fourth-order valence-electron chi connectivity index (χ4n) is 5.07. The number of carbonyl (C=O) groups is 2. The molecule has 194 valence electrons. The number of carbonyl (C=O) groups excluding carboxylic acids is 1. The topological polar surface area (TPSA) is 64.1 Å². The van der Waals surface area contributed by atoms with E-state index in [9.17, 15) is 19.1 Å². The number of anilines is 2. The first-order valence-corrected chi connectivity index (χ1v) is 12.9. The van der Waals surface area contributed by atoms with Gasteiger partial charge in [-0.1, -0.05) is 30.3 Å². The number of rotatable bonds is 9. The summed E-state index contributed by atoms with van der Waals surface area (Å²) < 4.78 is 14.4. The van der Waals surface area contributed by atoms with Crippen LogP contribution in [0.25, 0.3) is 0 Å². The predicted octanol–water partition coefficient (Wildman–Crippen LogP) is 5.81. The maximum absolute atomic E-state index is 14.4. The highest BCUT2D eigenvalue weighted by Crippen LogP contribution is 2.35. The molecule has 6 nitrogen and oxygen atoms in total. The molecule has 0 atom stereocenters. The Balaban J connectivity index is 1.63. The second-order valence-corrected chi connectivity index (χ2v) is 9.35. The molecule has 1 heterocycles. The second kappa shape index (κ2) is 12.0. The average molecular weight is 504 g/mol. The molecule has 0 aromatic heterocycles. The average Bonchev–Trinajstić information content (AvgIpc) is 2.91. The van der Waals surface area contributed by atoms with Crippen LogP contribution in [-0.2, 0) is 6.54 Å². The molecule has 0 bridgehead atoms. The van der Waals surface area contributed by atoms with Crippen molar-refractivity contribution in [1.82, 2.24) is 9.80 Å². The van der Waals surface area contributed by atoms with Crippen LogP contribution >= 0.6 is 0 Å². The van der Waals surface area contributed by atoms with Gasteiger partial charge in [-0.15, -0.1) is 0 Å². The minimum atomic E-state index is -1.10. The van der Waals surface area contributed by atoms with Crippen molar-refractivity contribution in [3.8, 4) is 0 Å². The third-order valence-corrected chi connectivity index (χ3v) is 7.06. The van der Waals surface area contributed by atoms with Crippen molar-refractivity contribution in [2.75, 3.05) is 31.1 Å². The molecule has 1 saturated heterocycles. The van der Waals surface area contributed by atoms with E-state index in [-0.39, 0.29) is 17.5 Å². The van der Waals surface area contributed by atoms with Crippen LogP contribution in [0.4, 0.5) is 15.8 Å². The lowest BCUT2D eigenvalue weighted by atomic mass is 9.98. The van der Waals surface area contributed by atoms with Gasteiger partial charge in [0.05, 0.1) is 11.3 Å². The summed E-state index contributed by atoms with van der Waals surface area (Å²) >= 11 is 0. The van der Waals surface area contributed by atoms with E-state index in [4.69, 9.17) is 0 Å². The summed E-state index contributed by atoms with van der Waals surface area (Å²) in [4.78, 5) is 31.0. The van der Waals surface area contributed by atoms with E-state index in [1.54, 1.807) is 17.0 Å². The third kappa shape index (κ3) is 6.17.